The van der Waals surface area contributed by atoms with E-state index in [0.29, 0.717) is 4.91 Å². The summed E-state index contributed by atoms with van der Waals surface area (Å²) >= 11 is 3.42. The van der Waals surface area contributed by atoms with Gasteiger partial charge in [-0.15, -0.1) is 0 Å². The van der Waals surface area contributed by atoms with E-state index in [1.54, 1.807) is 7.11 Å². The number of carbonyl (C=O) groups is 1. The van der Waals surface area contributed by atoms with Crippen LogP contribution < -0.4 is 4.74 Å². The number of aliphatic imine (C=N–C) groups is 1. The molecule has 6 heteroatoms. The number of benzene rings is 1. The number of rotatable bonds is 2. The summed E-state index contributed by atoms with van der Waals surface area (Å²) in [6, 6.07) is 7.66. The third-order valence-electron chi connectivity index (χ3n) is 3.30. The third-order valence-corrected chi connectivity index (χ3v) is 5.29. The summed E-state index contributed by atoms with van der Waals surface area (Å²) in [5.41, 5.74) is 0.984. The number of hydrogen-bond donors (Lipinski definition) is 0. The number of hydrogen-bond acceptors (Lipinski definition) is 5. The number of methoxy groups -OCH3 is 1. The van der Waals surface area contributed by atoms with Crippen LogP contribution >= 0.6 is 23.5 Å². The van der Waals surface area contributed by atoms with Crippen LogP contribution in [0.15, 0.2) is 34.2 Å². The summed E-state index contributed by atoms with van der Waals surface area (Å²) in [5, 5.41) is 0.847. The molecule has 1 amide bonds. The van der Waals surface area contributed by atoms with Gasteiger partial charge in [-0.2, -0.15) is 16.8 Å². The van der Waals surface area contributed by atoms with Gasteiger partial charge in [-0.25, -0.2) is 0 Å². The quantitative estimate of drug-likeness (QED) is 0.784. The molecule has 0 aromatic heterocycles. The van der Waals surface area contributed by atoms with E-state index in [4.69, 9.17) is 4.74 Å². The van der Waals surface area contributed by atoms with Crippen LogP contribution in [-0.4, -0.2) is 47.7 Å². The highest BCUT2D eigenvalue weighted by atomic mass is 32.2. The van der Waals surface area contributed by atoms with Crippen molar-refractivity contribution >= 4 is 40.7 Å². The van der Waals surface area contributed by atoms with Crippen molar-refractivity contribution in [3.63, 3.8) is 0 Å². The molecule has 1 fully saturated rings. The minimum absolute atomic E-state index is 0.135. The number of amides is 1. The fraction of sp³-hybridized carbons (Fsp3) is 0.333. The van der Waals surface area contributed by atoms with Gasteiger partial charge in [0.15, 0.2) is 5.17 Å². The summed E-state index contributed by atoms with van der Waals surface area (Å²) in [5.74, 6) is 2.88. The Balaban J connectivity index is 1.72. The zero-order chi connectivity index (χ0) is 14.7. The molecule has 4 nitrogen and oxygen atoms in total. The lowest BCUT2D eigenvalue weighted by atomic mass is 10.2. The zero-order valence-corrected chi connectivity index (χ0v) is 13.4. The van der Waals surface area contributed by atoms with E-state index in [1.165, 1.54) is 11.8 Å². The van der Waals surface area contributed by atoms with Crippen LogP contribution in [0.3, 0.4) is 0 Å². The summed E-state index contributed by atoms with van der Waals surface area (Å²) in [7, 11) is 1.64. The van der Waals surface area contributed by atoms with E-state index in [2.05, 4.69) is 9.89 Å². The van der Waals surface area contributed by atoms with Crippen molar-refractivity contribution in [2.75, 3.05) is 31.7 Å². The Bertz CT molecular complexity index is 590. The largest absolute Gasteiger partial charge is 0.497 e. The van der Waals surface area contributed by atoms with Gasteiger partial charge in [0.1, 0.15) is 5.75 Å². The van der Waals surface area contributed by atoms with Crippen molar-refractivity contribution < 1.29 is 9.53 Å². The molecule has 0 spiro atoms. The normalized spacial score (nSPS) is 20.8. The van der Waals surface area contributed by atoms with Gasteiger partial charge in [0.2, 0.25) is 0 Å². The number of amidine groups is 1. The molecule has 0 bridgehead atoms. The lowest BCUT2D eigenvalue weighted by Crippen LogP contribution is -2.35. The molecule has 110 valence electrons. The van der Waals surface area contributed by atoms with Crippen LogP contribution in [0, 0.1) is 0 Å². The minimum atomic E-state index is -0.135. The topological polar surface area (TPSA) is 41.9 Å². The Labute approximate surface area is 132 Å². The third kappa shape index (κ3) is 3.44. The van der Waals surface area contributed by atoms with Crippen LogP contribution in [0.25, 0.3) is 6.08 Å². The molecule has 0 atom stereocenters. The Morgan fingerprint density at radius 1 is 1.24 bits per heavy atom. The van der Waals surface area contributed by atoms with Gasteiger partial charge in [-0.3, -0.25) is 4.79 Å². The fourth-order valence-electron chi connectivity index (χ4n) is 2.14. The molecule has 1 aromatic rings. The first-order valence-corrected chi connectivity index (χ1v) is 8.73. The summed E-state index contributed by atoms with van der Waals surface area (Å²) < 4.78 is 5.13. The maximum absolute atomic E-state index is 12.0. The van der Waals surface area contributed by atoms with E-state index in [-0.39, 0.29) is 5.91 Å². The molecule has 0 saturated carbocycles. The average Bonchev–Trinajstić information content (AvgIpc) is 2.90. The molecule has 21 heavy (non-hydrogen) atoms. The second-order valence-corrected chi connectivity index (χ2v) is 6.92. The second-order valence-electron chi connectivity index (χ2n) is 4.68. The SMILES string of the molecule is COc1ccc(/C=C2/SC(N3CCSCC3)=NC2=O)cc1. The molecular weight excluding hydrogens is 304 g/mol. The van der Waals surface area contributed by atoms with Gasteiger partial charge in [0.25, 0.3) is 5.91 Å². The van der Waals surface area contributed by atoms with E-state index >= 15 is 0 Å². The average molecular weight is 320 g/mol. The first kappa shape index (κ1) is 14.5. The first-order chi connectivity index (χ1) is 10.3. The van der Waals surface area contributed by atoms with Crippen LogP contribution in [0.2, 0.25) is 0 Å². The molecule has 0 radical (unpaired) electrons. The Morgan fingerprint density at radius 2 is 1.95 bits per heavy atom. The van der Waals surface area contributed by atoms with E-state index in [0.717, 1.165) is 41.1 Å². The highest BCUT2D eigenvalue weighted by Crippen LogP contribution is 2.31. The van der Waals surface area contributed by atoms with Crippen molar-refractivity contribution in [1.29, 1.82) is 0 Å². The van der Waals surface area contributed by atoms with E-state index < -0.39 is 0 Å². The Morgan fingerprint density at radius 3 is 2.62 bits per heavy atom. The zero-order valence-electron chi connectivity index (χ0n) is 11.7. The number of ether oxygens (including phenoxy) is 1. The summed E-state index contributed by atoms with van der Waals surface area (Å²) in [4.78, 5) is 19.1. The van der Waals surface area contributed by atoms with Gasteiger partial charge in [-0.1, -0.05) is 12.1 Å². The van der Waals surface area contributed by atoms with Gasteiger partial charge in [0.05, 0.1) is 12.0 Å². The molecule has 2 heterocycles. The number of nitrogens with zero attached hydrogens (tertiary/aromatic N) is 2. The van der Waals surface area contributed by atoms with Crippen molar-refractivity contribution in [3.8, 4) is 5.75 Å². The van der Waals surface area contributed by atoms with Gasteiger partial charge in [0, 0.05) is 24.6 Å². The monoisotopic (exact) mass is 320 g/mol. The smallest absolute Gasteiger partial charge is 0.286 e. The second kappa shape index (κ2) is 6.58. The van der Waals surface area contributed by atoms with Crippen molar-refractivity contribution in [2.45, 2.75) is 0 Å². The molecule has 1 saturated heterocycles. The molecular formula is C15H16N2O2S2. The predicted molar refractivity (Wildman–Crippen MR) is 89.9 cm³/mol. The molecule has 3 rings (SSSR count). The molecule has 2 aliphatic heterocycles. The maximum atomic E-state index is 12.0. The summed E-state index contributed by atoms with van der Waals surface area (Å²) in [6.07, 6.45) is 1.89. The van der Waals surface area contributed by atoms with Crippen LogP contribution in [0.1, 0.15) is 5.56 Å². The van der Waals surface area contributed by atoms with Crippen molar-refractivity contribution in [1.82, 2.24) is 4.90 Å². The molecule has 0 aliphatic carbocycles. The predicted octanol–water partition coefficient (Wildman–Crippen LogP) is 2.71. The molecule has 0 unspecified atom stereocenters. The lowest BCUT2D eigenvalue weighted by Gasteiger charge is -2.26. The van der Waals surface area contributed by atoms with Crippen LogP contribution in [0.5, 0.6) is 5.75 Å². The first-order valence-electron chi connectivity index (χ1n) is 6.75. The minimum Gasteiger partial charge on any atom is -0.497 e. The summed E-state index contributed by atoms with van der Waals surface area (Å²) in [6.45, 7) is 1.94. The van der Waals surface area contributed by atoms with E-state index in [9.17, 15) is 4.79 Å². The molecule has 0 N–H and O–H groups in total. The molecule has 1 aromatic carbocycles. The standard InChI is InChI=1S/C15H16N2O2S2/c1-19-12-4-2-11(3-5-12)10-13-14(18)16-15(21-13)17-6-8-20-9-7-17/h2-5,10H,6-9H2,1H3/b13-10+. The van der Waals surface area contributed by atoms with Gasteiger partial charge < -0.3 is 9.64 Å². The Hall–Kier alpha value is -1.40. The lowest BCUT2D eigenvalue weighted by molar-refractivity contribution is -0.113. The van der Waals surface area contributed by atoms with Crippen LogP contribution in [-0.2, 0) is 4.79 Å². The maximum Gasteiger partial charge on any atom is 0.286 e. The van der Waals surface area contributed by atoms with Gasteiger partial charge in [-0.05, 0) is 35.5 Å². The van der Waals surface area contributed by atoms with E-state index in [1.807, 2.05) is 42.1 Å². The fourth-order valence-corrected chi connectivity index (χ4v) is 4.01. The van der Waals surface area contributed by atoms with Crippen molar-refractivity contribution in [3.05, 3.63) is 34.7 Å². The van der Waals surface area contributed by atoms with Gasteiger partial charge >= 0.3 is 0 Å². The molecule has 2 aliphatic rings. The highest BCUT2D eigenvalue weighted by molar-refractivity contribution is 8.18. The van der Waals surface area contributed by atoms with Crippen molar-refractivity contribution in [2.24, 2.45) is 4.99 Å². The number of thioether (sulfide) groups is 2. The highest BCUT2D eigenvalue weighted by Gasteiger charge is 2.26. The number of carbonyl (C=O) groups excluding carboxylic acids is 1. The van der Waals surface area contributed by atoms with Crippen LogP contribution in [0.4, 0.5) is 0 Å². The Kier molecular flexibility index (Phi) is 4.55.